The summed E-state index contributed by atoms with van der Waals surface area (Å²) >= 11 is 5.93. The molecule has 1 rings (SSSR count). The lowest BCUT2D eigenvalue weighted by molar-refractivity contribution is 0.0951. The van der Waals surface area contributed by atoms with E-state index in [-0.39, 0.29) is 34.7 Å². The van der Waals surface area contributed by atoms with E-state index in [9.17, 15) is 13.2 Å². The maximum absolute atomic E-state index is 12.1. The smallest absolute Gasteiger partial charge is 0.252 e. The van der Waals surface area contributed by atoms with Crippen LogP contribution in [0.15, 0.2) is 23.1 Å². The number of amides is 1. The van der Waals surface area contributed by atoms with E-state index < -0.39 is 15.9 Å². The average molecular weight is 335 g/mol. The second-order valence-electron chi connectivity index (χ2n) is 4.75. The quantitative estimate of drug-likeness (QED) is 0.651. The highest BCUT2D eigenvalue weighted by atomic mass is 35.5. The molecule has 21 heavy (non-hydrogen) atoms. The summed E-state index contributed by atoms with van der Waals surface area (Å²) in [5, 5.41) is 11.4. The van der Waals surface area contributed by atoms with Crippen molar-refractivity contribution in [2.24, 2.45) is 0 Å². The SMILES string of the molecule is CC(C)NS(=O)(=O)c1ccc(Cl)c(C(=O)NCCCO)c1. The van der Waals surface area contributed by atoms with Crippen molar-refractivity contribution < 1.29 is 18.3 Å². The van der Waals surface area contributed by atoms with Gasteiger partial charge in [-0.25, -0.2) is 13.1 Å². The Morgan fingerprint density at radius 3 is 2.62 bits per heavy atom. The van der Waals surface area contributed by atoms with Crippen molar-refractivity contribution in [2.45, 2.75) is 31.2 Å². The second-order valence-corrected chi connectivity index (χ2v) is 6.87. The maximum Gasteiger partial charge on any atom is 0.252 e. The number of rotatable bonds is 7. The molecule has 0 unspecified atom stereocenters. The van der Waals surface area contributed by atoms with Crippen LogP contribution in [0.2, 0.25) is 5.02 Å². The van der Waals surface area contributed by atoms with Gasteiger partial charge in [-0.2, -0.15) is 0 Å². The molecule has 0 bridgehead atoms. The van der Waals surface area contributed by atoms with Gasteiger partial charge in [-0.15, -0.1) is 0 Å². The maximum atomic E-state index is 12.1. The summed E-state index contributed by atoms with van der Waals surface area (Å²) in [5.74, 6) is -0.477. The average Bonchev–Trinajstić information content (AvgIpc) is 2.37. The predicted octanol–water partition coefficient (Wildman–Crippen LogP) is 1.14. The zero-order valence-corrected chi connectivity index (χ0v) is 13.5. The zero-order valence-electron chi connectivity index (χ0n) is 11.9. The summed E-state index contributed by atoms with van der Waals surface area (Å²) in [5.41, 5.74) is 0.0845. The summed E-state index contributed by atoms with van der Waals surface area (Å²) in [6.45, 7) is 3.65. The largest absolute Gasteiger partial charge is 0.396 e. The number of hydrogen-bond donors (Lipinski definition) is 3. The number of hydrogen-bond acceptors (Lipinski definition) is 4. The van der Waals surface area contributed by atoms with Crippen LogP contribution in [0.1, 0.15) is 30.6 Å². The van der Waals surface area contributed by atoms with Crippen molar-refractivity contribution in [3.8, 4) is 0 Å². The molecule has 0 aromatic heterocycles. The van der Waals surface area contributed by atoms with Crippen LogP contribution in [-0.4, -0.2) is 38.6 Å². The van der Waals surface area contributed by atoms with Crippen molar-refractivity contribution in [2.75, 3.05) is 13.2 Å². The first-order valence-corrected chi connectivity index (χ1v) is 8.35. The Kier molecular flexibility index (Phi) is 6.60. The lowest BCUT2D eigenvalue weighted by Gasteiger charge is -2.12. The molecular formula is C13H19ClN2O4S. The lowest BCUT2D eigenvalue weighted by Crippen LogP contribution is -2.31. The molecular weight excluding hydrogens is 316 g/mol. The topological polar surface area (TPSA) is 95.5 Å². The summed E-state index contributed by atoms with van der Waals surface area (Å²) in [6.07, 6.45) is 0.413. The summed E-state index contributed by atoms with van der Waals surface area (Å²) in [7, 11) is -3.69. The highest BCUT2D eigenvalue weighted by molar-refractivity contribution is 7.89. The van der Waals surface area contributed by atoms with E-state index in [1.807, 2.05) is 0 Å². The van der Waals surface area contributed by atoms with Gasteiger partial charge in [0.15, 0.2) is 0 Å². The van der Waals surface area contributed by atoms with Gasteiger partial charge in [0, 0.05) is 19.2 Å². The van der Waals surface area contributed by atoms with Crippen molar-refractivity contribution in [3.05, 3.63) is 28.8 Å². The van der Waals surface area contributed by atoms with Crippen molar-refractivity contribution in [1.29, 1.82) is 0 Å². The lowest BCUT2D eigenvalue weighted by atomic mass is 10.2. The molecule has 0 spiro atoms. The van der Waals surface area contributed by atoms with Crippen molar-refractivity contribution >= 4 is 27.5 Å². The number of aliphatic hydroxyl groups is 1. The summed E-state index contributed by atoms with van der Waals surface area (Å²) in [6, 6.07) is 3.70. The molecule has 0 aliphatic heterocycles. The van der Waals surface area contributed by atoms with Crippen LogP contribution in [0, 0.1) is 0 Å². The standard InChI is InChI=1S/C13H19ClN2O4S/c1-9(2)16-21(19,20)10-4-5-12(14)11(8-10)13(18)15-6-3-7-17/h4-5,8-9,16-17H,3,6-7H2,1-2H3,(H,15,18). The van der Waals surface area contributed by atoms with Gasteiger partial charge in [0.1, 0.15) is 0 Å². The minimum Gasteiger partial charge on any atom is -0.396 e. The molecule has 3 N–H and O–H groups in total. The van der Waals surface area contributed by atoms with E-state index in [1.54, 1.807) is 13.8 Å². The van der Waals surface area contributed by atoms with Gasteiger partial charge in [-0.05, 0) is 38.5 Å². The Morgan fingerprint density at radius 2 is 2.05 bits per heavy atom. The predicted molar refractivity (Wildman–Crippen MR) is 80.9 cm³/mol. The molecule has 1 aromatic carbocycles. The van der Waals surface area contributed by atoms with Gasteiger partial charge < -0.3 is 10.4 Å². The molecule has 118 valence electrons. The van der Waals surface area contributed by atoms with E-state index in [4.69, 9.17) is 16.7 Å². The van der Waals surface area contributed by atoms with Crippen LogP contribution >= 0.6 is 11.6 Å². The van der Waals surface area contributed by atoms with E-state index in [0.29, 0.717) is 6.42 Å². The van der Waals surface area contributed by atoms with Crippen LogP contribution < -0.4 is 10.0 Å². The van der Waals surface area contributed by atoms with Gasteiger partial charge in [-0.3, -0.25) is 4.79 Å². The first-order valence-electron chi connectivity index (χ1n) is 6.49. The second kappa shape index (κ2) is 7.74. The number of sulfonamides is 1. The van der Waals surface area contributed by atoms with Crippen molar-refractivity contribution in [1.82, 2.24) is 10.0 Å². The first kappa shape index (κ1) is 17.9. The highest BCUT2D eigenvalue weighted by Gasteiger charge is 2.19. The fourth-order valence-corrected chi connectivity index (χ4v) is 3.08. The van der Waals surface area contributed by atoms with Gasteiger partial charge in [0.05, 0.1) is 15.5 Å². The number of benzene rings is 1. The number of halogens is 1. The van der Waals surface area contributed by atoms with Crippen LogP contribution in [0.3, 0.4) is 0 Å². The van der Waals surface area contributed by atoms with Gasteiger partial charge in [0.25, 0.3) is 5.91 Å². The Bertz CT molecular complexity index is 602. The number of carbonyl (C=O) groups is 1. The molecule has 0 atom stereocenters. The molecule has 0 radical (unpaired) electrons. The number of aliphatic hydroxyl groups excluding tert-OH is 1. The monoisotopic (exact) mass is 334 g/mol. The van der Waals surface area contributed by atoms with E-state index >= 15 is 0 Å². The molecule has 0 saturated heterocycles. The fraction of sp³-hybridized carbons (Fsp3) is 0.462. The Labute approximate surface area is 129 Å². The zero-order chi connectivity index (χ0) is 16.0. The van der Waals surface area contributed by atoms with Gasteiger partial charge >= 0.3 is 0 Å². The third-order valence-electron chi connectivity index (χ3n) is 2.50. The third-order valence-corrected chi connectivity index (χ3v) is 4.49. The van der Waals surface area contributed by atoms with E-state index in [1.165, 1.54) is 18.2 Å². The molecule has 0 fully saturated rings. The van der Waals surface area contributed by atoms with E-state index in [2.05, 4.69) is 10.0 Å². The van der Waals surface area contributed by atoms with Gasteiger partial charge in [0.2, 0.25) is 10.0 Å². The Morgan fingerprint density at radius 1 is 1.38 bits per heavy atom. The fourth-order valence-electron chi connectivity index (χ4n) is 1.60. The third kappa shape index (κ3) is 5.28. The number of nitrogens with one attached hydrogen (secondary N) is 2. The Balaban J connectivity index is 3.02. The Hall–Kier alpha value is -1.15. The molecule has 1 aromatic rings. The molecule has 0 heterocycles. The van der Waals surface area contributed by atoms with E-state index in [0.717, 1.165) is 0 Å². The minimum absolute atomic E-state index is 0.0205. The van der Waals surface area contributed by atoms with Crippen LogP contribution in [0.5, 0.6) is 0 Å². The minimum atomic E-state index is -3.69. The van der Waals surface area contributed by atoms with Crippen LogP contribution in [-0.2, 0) is 10.0 Å². The van der Waals surface area contributed by atoms with Crippen LogP contribution in [0.25, 0.3) is 0 Å². The van der Waals surface area contributed by atoms with Gasteiger partial charge in [-0.1, -0.05) is 11.6 Å². The van der Waals surface area contributed by atoms with Crippen molar-refractivity contribution in [3.63, 3.8) is 0 Å². The molecule has 8 heteroatoms. The number of carbonyl (C=O) groups excluding carboxylic acids is 1. The van der Waals surface area contributed by atoms with Crippen LogP contribution in [0.4, 0.5) is 0 Å². The summed E-state index contributed by atoms with van der Waals surface area (Å²) in [4.78, 5) is 11.9. The molecule has 6 nitrogen and oxygen atoms in total. The molecule has 0 saturated carbocycles. The molecule has 1 amide bonds. The molecule has 0 aliphatic carbocycles. The summed E-state index contributed by atoms with van der Waals surface area (Å²) < 4.78 is 26.6. The first-order chi connectivity index (χ1) is 9.77. The highest BCUT2D eigenvalue weighted by Crippen LogP contribution is 2.20. The molecule has 0 aliphatic rings. The normalized spacial score (nSPS) is 11.7.